The Morgan fingerprint density at radius 2 is 1.34 bits per heavy atom. The quantitative estimate of drug-likeness (QED) is 0.244. The van der Waals surface area contributed by atoms with Crippen molar-refractivity contribution in [3.8, 4) is 16.8 Å². The Bertz CT molecular complexity index is 2100. The first kappa shape index (κ1) is 22.1. The van der Waals surface area contributed by atoms with Crippen LogP contribution < -0.4 is 5.46 Å². The smallest absolute Gasteiger partial charge is 0.423 e. The van der Waals surface area contributed by atoms with Gasteiger partial charge >= 0.3 is 7.12 Å². The first-order valence-electron chi connectivity index (χ1n) is 12.9. The molecule has 7 aromatic rings. The Labute approximate surface area is 224 Å². The largest absolute Gasteiger partial charge is 0.489 e. The topological polar surface area (TPSA) is 45.4 Å². The molecule has 5 heteroatoms. The van der Waals surface area contributed by atoms with Crippen LogP contribution in [0.3, 0.4) is 0 Å². The fourth-order valence-electron chi connectivity index (χ4n) is 6.63. The number of benzene rings is 5. The number of para-hydroxylation sites is 1. The van der Waals surface area contributed by atoms with Crippen molar-refractivity contribution < 1.29 is 10.0 Å². The highest BCUT2D eigenvalue weighted by molar-refractivity contribution is 7.27. The Morgan fingerprint density at radius 3 is 2.18 bits per heavy atom. The van der Waals surface area contributed by atoms with Crippen LogP contribution >= 0.6 is 11.3 Å². The van der Waals surface area contributed by atoms with E-state index < -0.39 is 7.12 Å². The predicted molar refractivity (Wildman–Crippen MR) is 161 cm³/mol. The molecular weight excluding hydrogens is 485 g/mol. The van der Waals surface area contributed by atoms with Crippen LogP contribution in [0.15, 0.2) is 97.1 Å². The molecule has 0 spiro atoms. The summed E-state index contributed by atoms with van der Waals surface area (Å²) >= 11 is 1.63. The van der Waals surface area contributed by atoms with E-state index in [2.05, 4.69) is 103 Å². The van der Waals surface area contributed by atoms with Crippen LogP contribution in [0.1, 0.15) is 25.0 Å². The summed E-state index contributed by atoms with van der Waals surface area (Å²) in [7, 11) is -1.50. The van der Waals surface area contributed by atoms with Crippen molar-refractivity contribution in [2.75, 3.05) is 0 Å². The summed E-state index contributed by atoms with van der Waals surface area (Å²) in [5.41, 5.74) is 9.32. The summed E-state index contributed by atoms with van der Waals surface area (Å²) in [6.45, 7) is 4.65. The molecule has 2 N–H and O–H groups in total. The van der Waals surface area contributed by atoms with E-state index in [1.165, 1.54) is 44.1 Å². The molecule has 1 aliphatic carbocycles. The van der Waals surface area contributed by atoms with Crippen molar-refractivity contribution in [2.24, 2.45) is 0 Å². The van der Waals surface area contributed by atoms with E-state index in [-0.39, 0.29) is 5.41 Å². The molecule has 0 bridgehead atoms. The van der Waals surface area contributed by atoms with E-state index in [1.54, 1.807) is 17.4 Å². The van der Waals surface area contributed by atoms with Gasteiger partial charge in [0.2, 0.25) is 0 Å². The first-order valence-corrected chi connectivity index (χ1v) is 13.7. The molecule has 0 atom stereocenters. The third-order valence-electron chi connectivity index (χ3n) is 8.43. The summed E-state index contributed by atoms with van der Waals surface area (Å²) in [5, 5.41) is 24.8. The fourth-order valence-corrected chi connectivity index (χ4v) is 7.96. The van der Waals surface area contributed by atoms with Gasteiger partial charge in [-0.15, -0.1) is 11.3 Å². The van der Waals surface area contributed by atoms with Gasteiger partial charge in [-0.25, -0.2) is 0 Å². The third-order valence-corrected chi connectivity index (χ3v) is 9.72. The Hall–Kier alpha value is -3.90. The normalized spacial score (nSPS) is 14.0. The minimum Gasteiger partial charge on any atom is -0.423 e. The molecule has 0 amide bonds. The molecule has 182 valence electrons. The highest BCUT2D eigenvalue weighted by atomic mass is 32.1. The summed E-state index contributed by atoms with van der Waals surface area (Å²) in [5.74, 6) is 0. The molecule has 3 nitrogen and oxygen atoms in total. The van der Waals surface area contributed by atoms with Gasteiger partial charge in [-0.1, -0.05) is 86.6 Å². The van der Waals surface area contributed by atoms with Crippen molar-refractivity contribution in [3.05, 3.63) is 108 Å². The number of hydrogen-bond donors (Lipinski definition) is 2. The van der Waals surface area contributed by atoms with Crippen molar-refractivity contribution in [3.63, 3.8) is 0 Å². The number of nitrogens with zero attached hydrogens (tertiary/aromatic N) is 1. The average Bonchev–Trinajstić information content (AvgIpc) is 3.54. The maximum atomic E-state index is 10.1. The number of thiophene rings is 1. The zero-order chi connectivity index (χ0) is 25.8. The highest BCUT2D eigenvalue weighted by Crippen LogP contribution is 2.51. The van der Waals surface area contributed by atoms with Crippen LogP contribution in [-0.2, 0) is 5.41 Å². The zero-order valence-corrected chi connectivity index (χ0v) is 21.9. The Kier molecular flexibility index (Phi) is 4.41. The molecule has 0 saturated heterocycles. The Morgan fingerprint density at radius 1 is 0.632 bits per heavy atom. The highest BCUT2D eigenvalue weighted by Gasteiger charge is 2.36. The molecule has 0 unspecified atom stereocenters. The van der Waals surface area contributed by atoms with E-state index in [4.69, 9.17) is 0 Å². The van der Waals surface area contributed by atoms with E-state index in [9.17, 15) is 10.0 Å². The van der Waals surface area contributed by atoms with Gasteiger partial charge in [0.05, 0.1) is 21.4 Å². The molecule has 5 aromatic carbocycles. The van der Waals surface area contributed by atoms with Crippen molar-refractivity contribution in [2.45, 2.75) is 19.3 Å². The summed E-state index contributed by atoms with van der Waals surface area (Å²) < 4.78 is 4.46. The second-order valence-electron chi connectivity index (χ2n) is 10.8. The number of aromatic nitrogens is 1. The SMILES string of the molecule is CC1(C)c2ccccc2-c2cc3c4ccccc4n(-c4cccc5c4sc4c(B(O)O)cccc45)c3cc21. The van der Waals surface area contributed by atoms with Crippen molar-refractivity contribution in [1.82, 2.24) is 4.57 Å². The van der Waals surface area contributed by atoms with Crippen molar-refractivity contribution in [1.29, 1.82) is 0 Å². The maximum Gasteiger partial charge on any atom is 0.489 e. The lowest BCUT2D eigenvalue weighted by Gasteiger charge is -2.21. The molecule has 0 radical (unpaired) electrons. The van der Waals surface area contributed by atoms with Gasteiger partial charge in [0.15, 0.2) is 0 Å². The van der Waals surface area contributed by atoms with Crippen LogP contribution in [0.2, 0.25) is 0 Å². The lowest BCUT2D eigenvalue weighted by Crippen LogP contribution is -2.29. The monoisotopic (exact) mass is 509 g/mol. The molecule has 0 aliphatic heterocycles. The summed E-state index contributed by atoms with van der Waals surface area (Å²) in [4.78, 5) is 0. The van der Waals surface area contributed by atoms with Crippen molar-refractivity contribution >= 4 is 65.9 Å². The summed E-state index contributed by atoms with van der Waals surface area (Å²) in [6.07, 6.45) is 0. The predicted octanol–water partition coefficient (Wildman–Crippen LogP) is 7.14. The third kappa shape index (κ3) is 2.76. The van der Waals surface area contributed by atoms with E-state index in [0.29, 0.717) is 5.46 Å². The number of fused-ring (bicyclic) bond motifs is 9. The minimum absolute atomic E-state index is 0.0861. The van der Waals surface area contributed by atoms with E-state index >= 15 is 0 Å². The van der Waals surface area contributed by atoms with Gasteiger partial charge in [0.1, 0.15) is 0 Å². The van der Waals surface area contributed by atoms with Gasteiger partial charge in [0, 0.05) is 31.7 Å². The van der Waals surface area contributed by atoms with Crippen LogP contribution in [0, 0.1) is 0 Å². The molecule has 0 saturated carbocycles. The maximum absolute atomic E-state index is 10.1. The Balaban J connectivity index is 1.51. The summed E-state index contributed by atoms with van der Waals surface area (Å²) in [6, 6.07) is 34.4. The molecular formula is C33H24BNO2S. The van der Waals surface area contributed by atoms with Gasteiger partial charge in [-0.05, 0) is 52.0 Å². The van der Waals surface area contributed by atoms with E-state index in [0.717, 1.165) is 25.9 Å². The standard InChI is InChI=1S/C33H24BNO2S/c1-33(2)25-13-5-3-9-19(25)23-17-24-20-10-4-6-15-28(20)35(30(24)18-26(23)33)29-16-8-12-22-21-11-7-14-27(34(36)37)31(21)38-32(22)29/h3-18,36-37H,1-2H3. The van der Waals surface area contributed by atoms with Gasteiger partial charge in [-0.3, -0.25) is 0 Å². The van der Waals surface area contributed by atoms with Gasteiger partial charge in [-0.2, -0.15) is 0 Å². The molecule has 8 rings (SSSR count). The second kappa shape index (κ2) is 7.58. The molecule has 38 heavy (non-hydrogen) atoms. The minimum atomic E-state index is -1.50. The second-order valence-corrected chi connectivity index (χ2v) is 11.8. The number of hydrogen-bond acceptors (Lipinski definition) is 3. The average molecular weight is 509 g/mol. The zero-order valence-electron chi connectivity index (χ0n) is 21.1. The lowest BCUT2D eigenvalue weighted by molar-refractivity contribution is 0.426. The number of rotatable bonds is 2. The van der Waals surface area contributed by atoms with Gasteiger partial charge < -0.3 is 14.6 Å². The molecule has 2 aromatic heterocycles. The fraction of sp³-hybridized carbons (Fsp3) is 0.0909. The molecule has 2 heterocycles. The van der Waals surface area contributed by atoms with Gasteiger partial charge in [0.25, 0.3) is 0 Å². The molecule has 0 fully saturated rings. The molecule has 1 aliphatic rings. The van der Waals surface area contributed by atoms with E-state index in [1.807, 2.05) is 6.07 Å². The lowest BCUT2D eigenvalue weighted by atomic mass is 9.80. The first-order chi connectivity index (χ1) is 18.4. The van der Waals surface area contributed by atoms with Crippen LogP contribution in [-0.4, -0.2) is 21.7 Å². The van der Waals surface area contributed by atoms with Crippen LogP contribution in [0.5, 0.6) is 0 Å². The van der Waals surface area contributed by atoms with Crippen LogP contribution in [0.4, 0.5) is 0 Å². The van der Waals surface area contributed by atoms with Crippen LogP contribution in [0.25, 0.3) is 58.8 Å².